The average Bonchev–Trinajstić information content (AvgIpc) is 2.74. The molecule has 0 saturated carbocycles. The number of anilines is 1. The molecule has 1 aromatic heterocycles. The molecule has 142 valence electrons. The number of amides is 2. The third kappa shape index (κ3) is 4.96. The van der Waals surface area contributed by atoms with Gasteiger partial charge in [-0.3, -0.25) is 9.59 Å². The summed E-state index contributed by atoms with van der Waals surface area (Å²) in [5.74, 6) is 0.0863. The number of likely N-dealkylation sites (tertiary alicyclic amines) is 1. The van der Waals surface area contributed by atoms with Gasteiger partial charge < -0.3 is 10.2 Å². The Morgan fingerprint density at radius 3 is 2.64 bits per heavy atom. The van der Waals surface area contributed by atoms with E-state index >= 15 is 0 Å². The Morgan fingerprint density at radius 1 is 1.21 bits per heavy atom. The minimum Gasteiger partial charge on any atom is -0.339 e. The molecule has 3 rings (SSSR count). The number of nitrogens with one attached hydrogen (secondary N) is 1. The van der Waals surface area contributed by atoms with Crippen LogP contribution >= 0.6 is 11.6 Å². The molecule has 1 saturated heterocycles. The summed E-state index contributed by atoms with van der Waals surface area (Å²) in [4.78, 5) is 30.6. The second-order valence-corrected chi connectivity index (χ2v) is 6.92. The lowest BCUT2D eigenvalue weighted by molar-refractivity contribution is -0.130. The summed E-state index contributed by atoms with van der Waals surface area (Å²) in [5.41, 5.74) is 1.24. The molecule has 2 aromatic rings. The fourth-order valence-corrected chi connectivity index (χ4v) is 3.16. The second-order valence-electron chi connectivity index (χ2n) is 6.48. The van der Waals surface area contributed by atoms with Crippen molar-refractivity contribution in [2.45, 2.75) is 12.8 Å². The van der Waals surface area contributed by atoms with Crippen molar-refractivity contribution < 1.29 is 9.59 Å². The highest BCUT2D eigenvalue weighted by molar-refractivity contribution is 6.30. The molecule has 28 heavy (non-hydrogen) atoms. The number of pyridine rings is 1. The van der Waals surface area contributed by atoms with Crippen LogP contribution in [0.4, 0.5) is 5.82 Å². The molecule has 0 bridgehead atoms. The number of halogens is 1. The van der Waals surface area contributed by atoms with Gasteiger partial charge in [0.1, 0.15) is 5.82 Å². The molecule has 1 fully saturated rings. The first-order chi connectivity index (χ1) is 13.6. The largest absolute Gasteiger partial charge is 0.339 e. The van der Waals surface area contributed by atoms with Gasteiger partial charge in [-0.15, -0.1) is 0 Å². The highest BCUT2D eigenvalue weighted by Gasteiger charge is 2.26. The maximum atomic E-state index is 12.4. The third-order valence-corrected chi connectivity index (χ3v) is 4.87. The molecule has 0 radical (unpaired) electrons. The van der Waals surface area contributed by atoms with Crippen LogP contribution < -0.4 is 5.32 Å². The summed E-state index contributed by atoms with van der Waals surface area (Å²) in [5, 5.41) is 12.4. The SMILES string of the molecule is N#Cc1ccccc1/C=C/C(=O)N1CCC(C(=O)Nc2ccc(Cl)cn2)CC1. The monoisotopic (exact) mass is 394 g/mol. The van der Waals surface area contributed by atoms with Crippen molar-refractivity contribution in [2.24, 2.45) is 5.92 Å². The number of benzene rings is 1. The zero-order chi connectivity index (χ0) is 19.9. The predicted molar refractivity (Wildman–Crippen MR) is 107 cm³/mol. The number of nitrogens with zero attached hydrogens (tertiary/aromatic N) is 3. The molecule has 7 heteroatoms. The number of hydrogen-bond donors (Lipinski definition) is 1. The number of aromatic nitrogens is 1. The Balaban J connectivity index is 1.52. The van der Waals surface area contributed by atoms with Crippen molar-refractivity contribution in [3.05, 3.63) is 64.8 Å². The summed E-state index contributed by atoms with van der Waals surface area (Å²) >= 11 is 5.79. The zero-order valence-electron chi connectivity index (χ0n) is 15.1. The molecule has 0 aliphatic carbocycles. The molecule has 1 N–H and O–H groups in total. The van der Waals surface area contributed by atoms with E-state index in [1.165, 1.54) is 12.3 Å². The zero-order valence-corrected chi connectivity index (χ0v) is 15.9. The molecule has 1 aliphatic rings. The Hall–Kier alpha value is -3.17. The molecular weight excluding hydrogens is 376 g/mol. The fraction of sp³-hybridized carbons (Fsp3) is 0.238. The summed E-state index contributed by atoms with van der Waals surface area (Å²) in [6.45, 7) is 1.02. The lowest BCUT2D eigenvalue weighted by Crippen LogP contribution is -2.40. The van der Waals surface area contributed by atoms with Crippen LogP contribution in [-0.2, 0) is 9.59 Å². The van der Waals surface area contributed by atoms with E-state index in [1.54, 1.807) is 41.3 Å². The van der Waals surface area contributed by atoms with Gasteiger partial charge >= 0.3 is 0 Å². The quantitative estimate of drug-likeness (QED) is 0.804. The average molecular weight is 395 g/mol. The number of rotatable bonds is 4. The van der Waals surface area contributed by atoms with E-state index in [2.05, 4.69) is 16.4 Å². The molecule has 1 aromatic carbocycles. The van der Waals surface area contributed by atoms with Gasteiger partial charge in [0.2, 0.25) is 11.8 Å². The van der Waals surface area contributed by atoms with Crippen LogP contribution in [0.3, 0.4) is 0 Å². The van der Waals surface area contributed by atoms with Crippen molar-refractivity contribution in [3.63, 3.8) is 0 Å². The summed E-state index contributed by atoms with van der Waals surface area (Å²) in [6, 6.07) is 12.5. The van der Waals surface area contributed by atoms with E-state index in [4.69, 9.17) is 16.9 Å². The van der Waals surface area contributed by atoms with E-state index in [1.807, 2.05) is 6.07 Å². The first-order valence-corrected chi connectivity index (χ1v) is 9.33. The Morgan fingerprint density at radius 2 is 1.96 bits per heavy atom. The van der Waals surface area contributed by atoms with Gasteiger partial charge in [-0.25, -0.2) is 4.98 Å². The van der Waals surface area contributed by atoms with Gasteiger partial charge in [0.05, 0.1) is 16.7 Å². The maximum absolute atomic E-state index is 12.4. The van der Waals surface area contributed by atoms with E-state index in [-0.39, 0.29) is 17.7 Å². The fourth-order valence-electron chi connectivity index (χ4n) is 3.05. The van der Waals surface area contributed by atoms with Crippen LogP contribution in [0.2, 0.25) is 5.02 Å². The van der Waals surface area contributed by atoms with Crippen molar-refractivity contribution in [1.29, 1.82) is 5.26 Å². The van der Waals surface area contributed by atoms with E-state index in [0.29, 0.717) is 47.9 Å². The van der Waals surface area contributed by atoms with Gasteiger partial charge in [-0.2, -0.15) is 5.26 Å². The first kappa shape index (κ1) is 19.6. The number of carbonyl (C=O) groups excluding carboxylic acids is 2. The lowest BCUT2D eigenvalue weighted by atomic mass is 9.96. The van der Waals surface area contributed by atoms with Crippen molar-refractivity contribution in [3.8, 4) is 6.07 Å². The summed E-state index contributed by atoms with van der Waals surface area (Å²) in [6.07, 6.45) is 5.80. The van der Waals surface area contributed by atoms with Gasteiger partial charge in [-0.1, -0.05) is 29.8 Å². The normalized spacial score (nSPS) is 14.6. The van der Waals surface area contributed by atoms with Crippen molar-refractivity contribution in [1.82, 2.24) is 9.88 Å². The standard InChI is InChI=1S/C21H19ClN4O2/c22-18-6-7-19(24-14-18)25-21(28)16-9-11-26(12-10-16)20(27)8-5-15-3-1-2-4-17(15)13-23/h1-8,14,16H,9-12H2,(H,24,25,28)/b8-5+. The molecule has 0 unspecified atom stereocenters. The summed E-state index contributed by atoms with van der Waals surface area (Å²) < 4.78 is 0. The van der Waals surface area contributed by atoms with Crippen LogP contribution in [0.5, 0.6) is 0 Å². The number of nitriles is 1. The van der Waals surface area contributed by atoms with Gasteiger partial charge in [-0.05, 0) is 42.7 Å². The number of piperidine rings is 1. The Labute approximate surface area is 168 Å². The molecule has 0 atom stereocenters. The topological polar surface area (TPSA) is 86.1 Å². The van der Waals surface area contributed by atoms with Crippen LogP contribution in [-0.4, -0.2) is 34.8 Å². The third-order valence-electron chi connectivity index (χ3n) is 4.64. The van der Waals surface area contributed by atoms with Gasteiger partial charge in [0.15, 0.2) is 0 Å². The predicted octanol–water partition coefficient (Wildman–Crippen LogP) is 3.50. The molecular formula is C21H19ClN4O2. The van der Waals surface area contributed by atoms with Crippen LogP contribution in [0.15, 0.2) is 48.7 Å². The molecule has 6 nitrogen and oxygen atoms in total. The van der Waals surface area contributed by atoms with Crippen LogP contribution in [0, 0.1) is 17.2 Å². The minimum absolute atomic E-state index is 0.0968. The van der Waals surface area contributed by atoms with Crippen LogP contribution in [0.1, 0.15) is 24.0 Å². The molecule has 2 heterocycles. The van der Waals surface area contributed by atoms with Gasteiger partial charge in [0, 0.05) is 31.3 Å². The van der Waals surface area contributed by atoms with Gasteiger partial charge in [0.25, 0.3) is 0 Å². The lowest BCUT2D eigenvalue weighted by Gasteiger charge is -2.30. The second kappa shape index (κ2) is 9.16. The Bertz CT molecular complexity index is 926. The first-order valence-electron chi connectivity index (χ1n) is 8.95. The molecule has 2 amide bonds. The molecule has 0 spiro atoms. The van der Waals surface area contributed by atoms with Crippen molar-refractivity contribution >= 4 is 35.3 Å². The van der Waals surface area contributed by atoms with E-state index in [9.17, 15) is 9.59 Å². The highest BCUT2D eigenvalue weighted by atomic mass is 35.5. The van der Waals surface area contributed by atoms with Crippen LogP contribution in [0.25, 0.3) is 6.08 Å². The number of hydrogen-bond acceptors (Lipinski definition) is 4. The van der Waals surface area contributed by atoms with Crippen molar-refractivity contribution in [2.75, 3.05) is 18.4 Å². The summed E-state index contributed by atoms with van der Waals surface area (Å²) in [7, 11) is 0. The minimum atomic E-state index is -0.162. The van der Waals surface area contributed by atoms with E-state index in [0.717, 1.165) is 0 Å². The van der Waals surface area contributed by atoms with E-state index < -0.39 is 0 Å². The maximum Gasteiger partial charge on any atom is 0.246 e. The number of carbonyl (C=O) groups is 2. The Kier molecular flexibility index (Phi) is 6.41. The smallest absolute Gasteiger partial charge is 0.246 e. The molecule has 1 aliphatic heterocycles. The highest BCUT2D eigenvalue weighted by Crippen LogP contribution is 2.20.